The van der Waals surface area contributed by atoms with Gasteiger partial charge in [-0.3, -0.25) is 9.20 Å². The molecule has 0 bridgehead atoms. The maximum absolute atomic E-state index is 14.6. The molecule has 1 saturated carbocycles. The molecule has 0 atom stereocenters. The first-order valence-electron chi connectivity index (χ1n) is 10.4. The summed E-state index contributed by atoms with van der Waals surface area (Å²) in [5.41, 5.74) is 2.64. The molecule has 3 heterocycles. The Hall–Kier alpha value is -3.09. The highest BCUT2D eigenvalue weighted by molar-refractivity contribution is 6.07. The fraction of sp³-hybridized carbons (Fsp3) is 0.348. The number of rotatable bonds is 3. The lowest BCUT2D eigenvalue weighted by Gasteiger charge is -2.33. The van der Waals surface area contributed by atoms with E-state index >= 15 is 0 Å². The lowest BCUT2D eigenvalue weighted by molar-refractivity contribution is -0.134. The molecule has 2 aliphatic rings. The van der Waals surface area contributed by atoms with Gasteiger partial charge in [-0.15, -0.1) is 0 Å². The van der Waals surface area contributed by atoms with Crippen LogP contribution < -0.4 is 0 Å². The minimum absolute atomic E-state index is 0.0361. The van der Waals surface area contributed by atoms with Crippen molar-refractivity contribution in [3.8, 4) is 11.3 Å². The summed E-state index contributed by atoms with van der Waals surface area (Å²) in [4.78, 5) is 17.2. The summed E-state index contributed by atoms with van der Waals surface area (Å²) in [5.74, 6) is -1.27. The van der Waals surface area contributed by atoms with Gasteiger partial charge in [0.1, 0.15) is 23.0 Å². The number of imidazole rings is 1. The van der Waals surface area contributed by atoms with Crippen LogP contribution >= 0.6 is 0 Å². The van der Waals surface area contributed by atoms with Crippen molar-refractivity contribution in [3.63, 3.8) is 0 Å². The number of amides is 1. The van der Waals surface area contributed by atoms with Crippen molar-refractivity contribution >= 4 is 17.3 Å². The molecule has 7 heteroatoms. The van der Waals surface area contributed by atoms with E-state index in [4.69, 9.17) is 5.10 Å². The molecule has 2 aromatic heterocycles. The number of carbonyl (C=O) groups is 1. The van der Waals surface area contributed by atoms with Crippen molar-refractivity contribution in [1.82, 2.24) is 14.4 Å². The van der Waals surface area contributed by atoms with E-state index in [1.54, 1.807) is 5.01 Å². The molecule has 5 nitrogen and oxygen atoms in total. The third-order valence-corrected chi connectivity index (χ3v) is 5.97. The Morgan fingerprint density at radius 2 is 1.83 bits per heavy atom. The van der Waals surface area contributed by atoms with Gasteiger partial charge in [0.25, 0.3) is 0 Å². The maximum Gasteiger partial charge on any atom is 0.243 e. The number of nitrogens with zero attached hydrogens (tertiary/aromatic N) is 4. The van der Waals surface area contributed by atoms with Crippen LogP contribution in [0.4, 0.5) is 8.78 Å². The minimum Gasteiger partial charge on any atom is -0.298 e. The van der Waals surface area contributed by atoms with E-state index in [9.17, 15) is 13.6 Å². The molecule has 0 saturated heterocycles. The second kappa shape index (κ2) is 7.63. The molecule has 1 aliphatic carbocycles. The van der Waals surface area contributed by atoms with Crippen molar-refractivity contribution < 1.29 is 13.6 Å². The molecular weight excluding hydrogens is 386 g/mol. The van der Waals surface area contributed by atoms with E-state index in [-0.39, 0.29) is 17.5 Å². The van der Waals surface area contributed by atoms with Gasteiger partial charge in [-0.2, -0.15) is 5.10 Å². The quantitative estimate of drug-likeness (QED) is 0.616. The molecule has 1 aliphatic heterocycles. The zero-order chi connectivity index (χ0) is 20.7. The Balaban J connectivity index is 1.67. The molecule has 1 amide bonds. The predicted octanol–water partition coefficient (Wildman–Crippen LogP) is 4.94. The Bertz CT molecular complexity index is 1150. The van der Waals surface area contributed by atoms with Gasteiger partial charge in [0.05, 0.1) is 17.4 Å². The van der Waals surface area contributed by atoms with Gasteiger partial charge in [0.2, 0.25) is 5.91 Å². The molecule has 0 N–H and O–H groups in total. The monoisotopic (exact) mass is 408 g/mol. The van der Waals surface area contributed by atoms with Crippen molar-refractivity contribution in [2.75, 3.05) is 0 Å². The number of hydrogen-bond donors (Lipinski definition) is 0. The number of hydrazone groups is 1. The zero-order valence-corrected chi connectivity index (χ0v) is 16.5. The van der Waals surface area contributed by atoms with E-state index in [0.29, 0.717) is 35.6 Å². The van der Waals surface area contributed by atoms with Crippen molar-refractivity contribution in [3.05, 3.63) is 59.9 Å². The number of hydrogen-bond acceptors (Lipinski definition) is 3. The van der Waals surface area contributed by atoms with Gasteiger partial charge < -0.3 is 0 Å². The normalized spacial score (nSPS) is 18.1. The van der Waals surface area contributed by atoms with Crippen LogP contribution in [0, 0.1) is 11.6 Å². The Labute approximate surface area is 173 Å². The highest BCUT2D eigenvalue weighted by atomic mass is 19.1. The van der Waals surface area contributed by atoms with Crippen molar-refractivity contribution in [2.45, 2.75) is 51.0 Å². The number of aromatic nitrogens is 2. The standard InChI is InChI=1S/C23H22F2N4O/c24-15-9-10-17(18(25)14-15)22-23(28-13-5-4-8-20(28)26-22)19-11-12-21(30)29(27-19)16-6-2-1-3-7-16/h4-5,8-10,13-14,16H,1-3,6-7,11-12H2. The fourth-order valence-electron chi connectivity index (χ4n) is 4.49. The Morgan fingerprint density at radius 1 is 1.00 bits per heavy atom. The maximum atomic E-state index is 14.6. The lowest BCUT2D eigenvalue weighted by Crippen LogP contribution is -2.41. The molecule has 0 unspecified atom stereocenters. The smallest absolute Gasteiger partial charge is 0.243 e. The lowest BCUT2D eigenvalue weighted by atomic mass is 9.94. The molecule has 0 radical (unpaired) electrons. The van der Waals surface area contributed by atoms with Gasteiger partial charge >= 0.3 is 0 Å². The summed E-state index contributed by atoms with van der Waals surface area (Å²) in [5, 5.41) is 6.40. The molecule has 1 fully saturated rings. The van der Waals surface area contributed by atoms with Crippen LogP contribution in [0.15, 0.2) is 47.7 Å². The van der Waals surface area contributed by atoms with Crippen LogP contribution in [0.2, 0.25) is 0 Å². The van der Waals surface area contributed by atoms with Crippen molar-refractivity contribution in [2.24, 2.45) is 5.10 Å². The average Bonchev–Trinajstić information content (AvgIpc) is 3.14. The topological polar surface area (TPSA) is 50.0 Å². The summed E-state index contributed by atoms with van der Waals surface area (Å²) >= 11 is 0. The number of pyridine rings is 1. The zero-order valence-electron chi connectivity index (χ0n) is 16.5. The molecule has 3 aromatic rings. The summed E-state index contributed by atoms with van der Waals surface area (Å²) in [6.07, 6.45) is 7.97. The summed E-state index contributed by atoms with van der Waals surface area (Å²) < 4.78 is 30.0. The highest BCUT2D eigenvalue weighted by Gasteiger charge is 2.31. The first-order chi connectivity index (χ1) is 14.6. The van der Waals surface area contributed by atoms with Crippen LogP contribution in [0.5, 0.6) is 0 Å². The molecular formula is C23H22F2N4O. The van der Waals surface area contributed by atoms with E-state index in [1.165, 1.54) is 18.6 Å². The largest absolute Gasteiger partial charge is 0.298 e. The van der Waals surface area contributed by atoms with Gasteiger partial charge in [0, 0.05) is 30.7 Å². The highest BCUT2D eigenvalue weighted by Crippen LogP contribution is 2.32. The molecule has 1 aromatic carbocycles. The number of benzene rings is 1. The molecule has 30 heavy (non-hydrogen) atoms. The SMILES string of the molecule is O=C1CCC(c2c(-c3ccc(F)cc3F)nc3ccccn23)=NN1C1CCCCC1. The van der Waals surface area contributed by atoms with Gasteiger partial charge in [0.15, 0.2) is 0 Å². The minimum atomic E-state index is -0.670. The van der Waals surface area contributed by atoms with E-state index in [2.05, 4.69) is 4.98 Å². The average molecular weight is 408 g/mol. The van der Waals surface area contributed by atoms with E-state index in [1.807, 2.05) is 28.8 Å². The summed E-state index contributed by atoms with van der Waals surface area (Å²) in [6.45, 7) is 0. The number of carbonyl (C=O) groups excluding carboxylic acids is 1. The molecule has 154 valence electrons. The second-order valence-electron chi connectivity index (χ2n) is 7.94. The van der Waals surface area contributed by atoms with E-state index in [0.717, 1.165) is 31.7 Å². The second-order valence-corrected chi connectivity index (χ2v) is 7.94. The first-order valence-corrected chi connectivity index (χ1v) is 10.4. The number of fused-ring (bicyclic) bond motifs is 1. The number of halogens is 2. The Kier molecular flexibility index (Phi) is 4.81. The van der Waals surface area contributed by atoms with Gasteiger partial charge in [-0.1, -0.05) is 25.3 Å². The molecule has 5 rings (SSSR count). The summed E-state index contributed by atoms with van der Waals surface area (Å²) in [6, 6.07) is 9.18. The Morgan fingerprint density at radius 3 is 2.63 bits per heavy atom. The first kappa shape index (κ1) is 18.9. The summed E-state index contributed by atoms with van der Waals surface area (Å²) in [7, 11) is 0. The van der Waals surface area contributed by atoms with Crippen LogP contribution in [-0.4, -0.2) is 32.1 Å². The van der Waals surface area contributed by atoms with Crippen LogP contribution in [0.3, 0.4) is 0 Å². The predicted molar refractivity (Wildman–Crippen MR) is 110 cm³/mol. The van der Waals surface area contributed by atoms with Gasteiger partial charge in [-0.25, -0.2) is 18.8 Å². The third kappa shape index (κ3) is 3.28. The van der Waals surface area contributed by atoms with Crippen molar-refractivity contribution in [1.29, 1.82) is 0 Å². The van der Waals surface area contributed by atoms with Crippen LogP contribution in [0.25, 0.3) is 16.9 Å². The molecule has 0 spiro atoms. The van der Waals surface area contributed by atoms with Crippen LogP contribution in [0.1, 0.15) is 50.6 Å². The van der Waals surface area contributed by atoms with E-state index < -0.39 is 11.6 Å². The fourth-order valence-corrected chi connectivity index (χ4v) is 4.49. The van der Waals surface area contributed by atoms with Gasteiger partial charge in [-0.05, 0) is 37.1 Å². The van der Waals surface area contributed by atoms with Crippen LogP contribution in [-0.2, 0) is 4.79 Å². The third-order valence-electron chi connectivity index (χ3n) is 5.97.